The highest BCUT2D eigenvalue weighted by Gasteiger charge is 2.59. The van der Waals surface area contributed by atoms with Crippen LogP contribution < -0.4 is 11.5 Å². The van der Waals surface area contributed by atoms with Gasteiger partial charge >= 0.3 is 0 Å². The number of ketones is 1. The molecule has 0 bridgehead atoms. The molecule has 2 aromatic heterocycles. The Hall–Kier alpha value is -2.92. The Balaban J connectivity index is 1.69. The smallest absolute Gasteiger partial charge is 0.225 e. The number of rotatable bonds is 7. The molecule has 4 rings (SSSR count). The highest BCUT2D eigenvalue weighted by molar-refractivity contribution is 5.90. The second kappa shape index (κ2) is 8.07. The van der Waals surface area contributed by atoms with E-state index in [2.05, 4.69) is 15.0 Å². The summed E-state index contributed by atoms with van der Waals surface area (Å²) in [7, 11) is 0. The molecule has 0 saturated carbocycles. The van der Waals surface area contributed by atoms with Crippen LogP contribution in [0.4, 0.5) is 5.82 Å². The van der Waals surface area contributed by atoms with E-state index in [1.54, 1.807) is 0 Å². The first-order valence-corrected chi connectivity index (χ1v) is 9.72. The third-order valence-corrected chi connectivity index (χ3v) is 5.54. The van der Waals surface area contributed by atoms with E-state index in [0.717, 1.165) is 5.56 Å². The largest absolute Gasteiger partial charge is 0.394 e. The summed E-state index contributed by atoms with van der Waals surface area (Å²) in [4.78, 5) is 25.8. The molecule has 0 radical (unpaired) electrons. The lowest BCUT2D eigenvalue weighted by Crippen LogP contribution is -2.56. The summed E-state index contributed by atoms with van der Waals surface area (Å²) < 4.78 is 7.32. The van der Waals surface area contributed by atoms with Crippen molar-refractivity contribution in [3.05, 3.63) is 48.5 Å². The van der Waals surface area contributed by atoms with E-state index >= 15 is 0 Å². The Labute approximate surface area is 172 Å². The second-order valence-electron chi connectivity index (χ2n) is 7.36. The summed E-state index contributed by atoms with van der Waals surface area (Å²) in [6, 6.07) is 8.67. The molecule has 4 atom stereocenters. The van der Waals surface area contributed by atoms with Gasteiger partial charge in [0.25, 0.3) is 0 Å². The minimum Gasteiger partial charge on any atom is -0.394 e. The maximum Gasteiger partial charge on any atom is 0.225 e. The molecule has 10 heteroatoms. The quantitative estimate of drug-likeness (QED) is 0.409. The number of hydrogen-bond donors (Lipinski definition) is 4. The number of carbonyl (C=O) groups is 1. The van der Waals surface area contributed by atoms with Crippen LogP contribution >= 0.6 is 0 Å². The van der Waals surface area contributed by atoms with E-state index in [4.69, 9.17) is 16.2 Å². The summed E-state index contributed by atoms with van der Waals surface area (Å²) in [5.74, 6) is -0.186. The summed E-state index contributed by atoms with van der Waals surface area (Å²) in [5, 5.41) is 20.1. The first-order valence-electron chi connectivity index (χ1n) is 9.72. The van der Waals surface area contributed by atoms with Crippen LogP contribution in [0.1, 0.15) is 18.4 Å². The van der Waals surface area contributed by atoms with E-state index in [-0.39, 0.29) is 23.7 Å². The van der Waals surface area contributed by atoms with Crippen molar-refractivity contribution in [2.75, 3.05) is 12.3 Å². The lowest BCUT2D eigenvalue weighted by molar-refractivity contribution is -0.162. The van der Waals surface area contributed by atoms with Gasteiger partial charge < -0.3 is 26.4 Å². The third-order valence-electron chi connectivity index (χ3n) is 5.54. The standard InChI is InChI=1S/C20H24N6O4/c21-17-16(29)13(9-27)30-20(17,14(28)8-4-7-12-5-2-1-3-6-12)26-11-25-15-18(22)23-10-24-19(15)26/h1-3,5-6,10-11,13,16-17,27,29H,4,7-9,21H2,(H2,22,23,24)/t13-,16-,17-,20-/m1/s1. The number of aliphatic hydroxyl groups excluding tert-OH is 2. The SMILES string of the molecule is Nc1ncnc2c1ncn2[C@]1(C(=O)CCCc2ccccc2)O[C@H](CO)[C@@H](O)[C@H]1N. The summed E-state index contributed by atoms with van der Waals surface area (Å²) in [6.45, 7) is -0.488. The van der Waals surface area contributed by atoms with Crippen LogP contribution in [0, 0.1) is 0 Å². The van der Waals surface area contributed by atoms with Crippen molar-refractivity contribution in [1.82, 2.24) is 19.5 Å². The molecule has 3 heterocycles. The molecule has 1 fully saturated rings. The van der Waals surface area contributed by atoms with Crippen molar-refractivity contribution in [2.24, 2.45) is 5.73 Å². The van der Waals surface area contributed by atoms with Crippen molar-refractivity contribution in [3.8, 4) is 0 Å². The van der Waals surface area contributed by atoms with Gasteiger partial charge in [0.05, 0.1) is 12.6 Å². The van der Waals surface area contributed by atoms with Gasteiger partial charge in [0.15, 0.2) is 17.2 Å². The van der Waals surface area contributed by atoms with Crippen molar-refractivity contribution in [1.29, 1.82) is 0 Å². The van der Waals surface area contributed by atoms with Gasteiger partial charge in [0.1, 0.15) is 30.4 Å². The molecule has 1 aromatic carbocycles. The molecule has 30 heavy (non-hydrogen) atoms. The fourth-order valence-electron chi connectivity index (χ4n) is 3.96. The normalized spacial score (nSPS) is 26.3. The van der Waals surface area contributed by atoms with Gasteiger partial charge in [-0.1, -0.05) is 30.3 Å². The predicted octanol–water partition coefficient (Wildman–Crippen LogP) is -0.267. The van der Waals surface area contributed by atoms with Crippen LogP contribution in [0.5, 0.6) is 0 Å². The number of fused-ring (bicyclic) bond motifs is 1. The van der Waals surface area contributed by atoms with Crippen LogP contribution in [-0.2, 0) is 21.7 Å². The third kappa shape index (κ3) is 3.23. The van der Waals surface area contributed by atoms with Gasteiger partial charge in [-0.3, -0.25) is 9.36 Å². The zero-order chi connectivity index (χ0) is 21.3. The second-order valence-corrected chi connectivity index (χ2v) is 7.36. The maximum atomic E-state index is 13.5. The van der Waals surface area contributed by atoms with Crippen molar-refractivity contribution in [2.45, 2.75) is 43.2 Å². The molecule has 6 N–H and O–H groups in total. The number of anilines is 1. The number of ether oxygens (including phenoxy) is 1. The summed E-state index contributed by atoms with van der Waals surface area (Å²) >= 11 is 0. The number of aryl methyl sites for hydroxylation is 1. The first kappa shape index (κ1) is 20.4. The minimum atomic E-state index is -1.76. The van der Waals surface area contributed by atoms with Crippen LogP contribution in [-0.4, -0.2) is 60.4 Å². The zero-order valence-corrected chi connectivity index (χ0v) is 16.3. The number of nitrogen functional groups attached to an aromatic ring is 1. The first-order chi connectivity index (χ1) is 14.5. The number of benzene rings is 1. The molecule has 1 saturated heterocycles. The monoisotopic (exact) mass is 412 g/mol. The van der Waals surface area contributed by atoms with E-state index in [1.165, 1.54) is 17.2 Å². The fourth-order valence-corrected chi connectivity index (χ4v) is 3.96. The molecule has 0 amide bonds. The summed E-state index contributed by atoms with van der Waals surface area (Å²) in [5.41, 5.74) is 12.1. The van der Waals surface area contributed by atoms with Gasteiger partial charge in [-0.05, 0) is 18.4 Å². The number of aliphatic hydroxyl groups is 2. The zero-order valence-electron chi connectivity index (χ0n) is 16.3. The Bertz CT molecular complexity index is 1040. The number of nitrogens with zero attached hydrogens (tertiary/aromatic N) is 4. The van der Waals surface area contributed by atoms with Crippen LogP contribution in [0.15, 0.2) is 43.0 Å². The van der Waals surface area contributed by atoms with Gasteiger partial charge in [0, 0.05) is 6.42 Å². The molecule has 1 aliphatic rings. The van der Waals surface area contributed by atoms with Crippen molar-refractivity contribution >= 4 is 22.8 Å². The molecule has 0 aliphatic carbocycles. The molecule has 0 spiro atoms. The van der Waals surface area contributed by atoms with Gasteiger partial charge in [-0.25, -0.2) is 15.0 Å². The predicted molar refractivity (Wildman–Crippen MR) is 108 cm³/mol. The number of nitrogens with two attached hydrogens (primary N) is 2. The molecule has 1 aliphatic heterocycles. The lowest BCUT2D eigenvalue weighted by Gasteiger charge is -2.33. The minimum absolute atomic E-state index is 0.147. The highest BCUT2D eigenvalue weighted by atomic mass is 16.6. The molecule has 158 valence electrons. The van der Waals surface area contributed by atoms with Crippen LogP contribution in [0.3, 0.4) is 0 Å². The number of carbonyl (C=O) groups excluding carboxylic acids is 1. The lowest BCUT2D eigenvalue weighted by atomic mass is 9.92. The van der Waals surface area contributed by atoms with Crippen LogP contribution in [0.25, 0.3) is 11.2 Å². The average Bonchev–Trinajstić information content (AvgIpc) is 3.30. The molecular formula is C20H24N6O4. The number of hydrogen-bond acceptors (Lipinski definition) is 9. The van der Waals surface area contributed by atoms with Gasteiger partial charge in [-0.2, -0.15) is 0 Å². The van der Waals surface area contributed by atoms with E-state index in [9.17, 15) is 15.0 Å². The number of aromatic nitrogens is 4. The van der Waals surface area contributed by atoms with Gasteiger partial charge in [0.2, 0.25) is 5.72 Å². The summed E-state index contributed by atoms with van der Waals surface area (Å²) in [6.07, 6.45) is 1.75. The maximum absolute atomic E-state index is 13.5. The highest BCUT2D eigenvalue weighted by Crippen LogP contribution is 2.38. The Kier molecular flexibility index (Phi) is 5.48. The topological polar surface area (TPSA) is 162 Å². The van der Waals surface area contributed by atoms with Gasteiger partial charge in [-0.15, -0.1) is 0 Å². The van der Waals surface area contributed by atoms with Crippen molar-refractivity contribution in [3.63, 3.8) is 0 Å². The Morgan fingerprint density at radius 3 is 2.70 bits per heavy atom. The van der Waals surface area contributed by atoms with E-state index < -0.39 is 30.6 Å². The van der Waals surface area contributed by atoms with Crippen LogP contribution in [0.2, 0.25) is 0 Å². The molecule has 3 aromatic rings. The number of Topliss-reactive ketones (excluding diaryl/α,β-unsaturated/α-hetero) is 1. The van der Waals surface area contributed by atoms with E-state index in [1.807, 2.05) is 30.3 Å². The average molecular weight is 412 g/mol. The fraction of sp³-hybridized carbons (Fsp3) is 0.400. The number of imidazole rings is 1. The Morgan fingerprint density at radius 2 is 2.00 bits per heavy atom. The Morgan fingerprint density at radius 1 is 1.23 bits per heavy atom. The molecule has 10 nitrogen and oxygen atoms in total. The molecule has 0 unspecified atom stereocenters. The van der Waals surface area contributed by atoms with E-state index in [0.29, 0.717) is 18.4 Å². The van der Waals surface area contributed by atoms with Crippen molar-refractivity contribution < 1.29 is 19.7 Å². The molecular weight excluding hydrogens is 388 g/mol.